The van der Waals surface area contributed by atoms with Crippen molar-refractivity contribution in [3.05, 3.63) is 23.5 Å². The SMILES string of the molecule is CC1CNCCC1NS(=O)(=O)c1cncc(Cl)c1.Cl. The van der Waals surface area contributed by atoms with E-state index in [1.807, 2.05) is 6.92 Å². The molecule has 0 spiro atoms. The summed E-state index contributed by atoms with van der Waals surface area (Å²) in [6.07, 6.45) is 3.50. The molecule has 1 fully saturated rings. The summed E-state index contributed by atoms with van der Waals surface area (Å²) in [6, 6.07) is 1.36. The highest BCUT2D eigenvalue weighted by Crippen LogP contribution is 2.17. The maximum absolute atomic E-state index is 12.2. The van der Waals surface area contributed by atoms with Crippen molar-refractivity contribution in [1.29, 1.82) is 0 Å². The highest BCUT2D eigenvalue weighted by atomic mass is 35.5. The predicted molar refractivity (Wildman–Crippen MR) is 77.3 cm³/mol. The van der Waals surface area contributed by atoms with Crippen LogP contribution >= 0.6 is 24.0 Å². The number of halogens is 2. The standard InChI is InChI=1S/C11H16ClN3O2S.ClH/c1-8-5-13-3-2-11(8)15-18(16,17)10-4-9(12)6-14-7-10;/h4,6-8,11,13,15H,2-3,5H2,1H3;1H. The normalized spacial score (nSPS) is 23.7. The topological polar surface area (TPSA) is 71.1 Å². The van der Waals surface area contributed by atoms with Crippen LogP contribution in [0.2, 0.25) is 5.02 Å². The minimum Gasteiger partial charge on any atom is -0.316 e. The quantitative estimate of drug-likeness (QED) is 0.882. The van der Waals surface area contributed by atoms with E-state index in [-0.39, 0.29) is 29.3 Å². The summed E-state index contributed by atoms with van der Waals surface area (Å²) < 4.78 is 27.1. The molecule has 5 nitrogen and oxygen atoms in total. The van der Waals surface area contributed by atoms with E-state index in [9.17, 15) is 8.42 Å². The molecule has 1 aliphatic rings. The van der Waals surface area contributed by atoms with Crippen LogP contribution in [0, 0.1) is 5.92 Å². The second-order valence-electron chi connectivity index (χ2n) is 4.54. The molecule has 0 aliphatic carbocycles. The molecular weight excluding hydrogens is 309 g/mol. The Balaban J connectivity index is 0.00000180. The first-order valence-electron chi connectivity index (χ1n) is 5.82. The van der Waals surface area contributed by atoms with Crippen LogP contribution in [0.4, 0.5) is 0 Å². The summed E-state index contributed by atoms with van der Waals surface area (Å²) in [5.41, 5.74) is 0. The van der Waals surface area contributed by atoms with E-state index in [0.717, 1.165) is 19.5 Å². The molecule has 2 N–H and O–H groups in total. The van der Waals surface area contributed by atoms with Gasteiger partial charge in [0, 0.05) is 18.4 Å². The number of nitrogens with one attached hydrogen (secondary N) is 2. The monoisotopic (exact) mass is 325 g/mol. The molecule has 2 atom stereocenters. The summed E-state index contributed by atoms with van der Waals surface area (Å²) in [6.45, 7) is 3.67. The maximum atomic E-state index is 12.2. The van der Waals surface area contributed by atoms with Crippen LogP contribution in [-0.2, 0) is 10.0 Å². The third-order valence-electron chi connectivity index (χ3n) is 3.08. The molecular formula is C11H17Cl2N3O2S. The number of sulfonamides is 1. The van der Waals surface area contributed by atoms with Crippen molar-refractivity contribution in [3.8, 4) is 0 Å². The molecule has 0 bridgehead atoms. The summed E-state index contributed by atoms with van der Waals surface area (Å²) in [7, 11) is -3.54. The molecule has 1 aromatic heterocycles. The van der Waals surface area contributed by atoms with E-state index in [1.165, 1.54) is 18.5 Å². The van der Waals surface area contributed by atoms with Gasteiger partial charge in [0.05, 0.1) is 5.02 Å². The van der Waals surface area contributed by atoms with Gasteiger partial charge in [-0.05, 0) is 31.5 Å². The molecule has 0 aromatic carbocycles. The van der Waals surface area contributed by atoms with Crippen LogP contribution < -0.4 is 10.0 Å². The lowest BCUT2D eigenvalue weighted by molar-refractivity contribution is 0.328. The summed E-state index contributed by atoms with van der Waals surface area (Å²) >= 11 is 5.76. The molecule has 1 aromatic rings. The molecule has 2 unspecified atom stereocenters. The van der Waals surface area contributed by atoms with Crippen molar-refractivity contribution in [1.82, 2.24) is 15.0 Å². The average molecular weight is 326 g/mol. The van der Waals surface area contributed by atoms with Crippen LogP contribution in [0.3, 0.4) is 0 Å². The van der Waals surface area contributed by atoms with E-state index in [1.54, 1.807) is 0 Å². The number of hydrogen-bond acceptors (Lipinski definition) is 4. The fourth-order valence-corrected chi connectivity index (χ4v) is 3.60. The molecule has 108 valence electrons. The Morgan fingerprint density at radius 2 is 2.21 bits per heavy atom. The van der Waals surface area contributed by atoms with Crippen LogP contribution in [0.25, 0.3) is 0 Å². The second-order valence-corrected chi connectivity index (χ2v) is 6.69. The van der Waals surface area contributed by atoms with Crippen molar-refractivity contribution >= 4 is 34.0 Å². The Morgan fingerprint density at radius 3 is 2.84 bits per heavy atom. The fraction of sp³-hybridized carbons (Fsp3) is 0.545. The van der Waals surface area contributed by atoms with Gasteiger partial charge in [0.2, 0.25) is 10.0 Å². The lowest BCUT2D eigenvalue weighted by atomic mass is 9.97. The molecule has 0 amide bonds. The number of aromatic nitrogens is 1. The zero-order valence-electron chi connectivity index (χ0n) is 10.5. The smallest absolute Gasteiger partial charge is 0.242 e. The van der Waals surface area contributed by atoms with Gasteiger partial charge in [-0.1, -0.05) is 18.5 Å². The summed E-state index contributed by atoms with van der Waals surface area (Å²) in [5, 5.41) is 3.55. The lowest BCUT2D eigenvalue weighted by Gasteiger charge is -2.29. The maximum Gasteiger partial charge on any atom is 0.242 e. The van der Waals surface area contributed by atoms with Gasteiger partial charge in [-0.25, -0.2) is 13.1 Å². The highest BCUT2D eigenvalue weighted by molar-refractivity contribution is 7.89. The second kappa shape index (κ2) is 6.85. The number of piperidine rings is 1. The van der Waals surface area contributed by atoms with Gasteiger partial charge < -0.3 is 5.32 Å². The van der Waals surface area contributed by atoms with Crippen molar-refractivity contribution < 1.29 is 8.42 Å². The minimum absolute atomic E-state index is 0. The Kier molecular flexibility index (Phi) is 6.01. The highest BCUT2D eigenvalue weighted by Gasteiger charge is 2.26. The number of pyridine rings is 1. The Hall–Kier alpha value is -0.400. The first-order chi connectivity index (χ1) is 8.49. The average Bonchev–Trinajstić information content (AvgIpc) is 2.32. The van der Waals surface area contributed by atoms with Crippen LogP contribution in [0.15, 0.2) is 23.4 Å². The van der Waals surface area contributed by atoms with Gasteiger partial charge in [-0.2, -0.15) is 0 Å². The molecule has 8 heteroatoms. The summed E-state index contributed by atoms with van der Waals surface area (Å²) in [4.78, 5) is 3.91. The summed E-state index contributed by atoms with van der Waals surface area (Å²) in [5.74, 6) is 0.265. The molecule has 2 rings (SSSR count). The molecule has 0 saturated carbocycles. The van der Waals surface area contributed by atoms with Crippen molar-refractivity contribution in [3.63, 3.8) is 0 Å². The molecule has 1 saturated heterocycles. The zero-order valence-corrected chi connectivity index (χ0v) is 12.9. The Bertz CT molecular complexity index is 524. The van der Waals surface area contributed by atoms with Gasteiger partial charge in [-0.15, -0.1) is 12.4 Å². The van der Waals surface area contributed by atoms with Crippen LogP contribution in [0.1, 0.15) is 13.3 Å². The third-order valence-corrected chi connectivity index (χ3v) is 4.75. The Morgan fingerprint density at radius 1 is 1.47 bits per heavy atom. The number of nitrogens with zero attached hydrogens (tertiary/aromatic N) is 1. The zero-order chi connectivity index (χ0) is 13.2. The molecule has 2 heterocycles. The van der Waals surface area contributed by atoms with E-state index in [4.69, 9.17) is 11.6 Å². The minimum atomic E-state index is -3.54. The van der Waals surface area contributed by atoms with E-state index in [0.29, 0.717) is 5.02 Å². The van der Waals surface area contributed by atoms with Gasteiger partial charge in [-0.3, -0.25) is 4.98 Å². The number of hydrogen-bond donors (Lipinski definition) is 2. The van der Waals surface area contributed by atoms with Gasteiger partial charge in [0.25, 0.3) is 0 Å². The van der Waals surface area contributed by atoms with Gasteiger partial charge in [0.1, 0.15) is 4.90 Å². The Labute approximate surface area is 124 Å². The van der Waals surface area contributed by atoms with Gasteiger partial charge >= 0.3 is 0 Å². The first-order valence-corrected chi connectivity index (χ1v) is 7.69. The van der Waals surface area contributed by atoms with Crippen LogP contribution in [0.5, 0.6) is 0 Å². The van der Waals surface area contributed by atoms with E-state index < -0.39 is 10.0 Å². The van der Waals surface area contributed by atoms with Crippen molar-refractivity contribution in [2.24, 2.45) is 5.92 Å². The first kappa shape index (κ1) is 16.7. The molecule has 19 heavy (non-hydrogen) atoms. The molecule has 0 radical (unpaired) electrons. The number of rotatable bonds is 3. The van der Waals surface area contributed by atoms with Crippen LogP contribution in [-0.4, -0.2) is 32.5 Å². The molecule has 1 aliphatic heterocycles. The van der Waals surface area contributed by atoms with E-state index >= 15 is 0 Å². The lowest BCUT2D eigenvalue weighted by Crippen LogP contribution is -2.48. The van der Waals surface area contributed by atoms with Crippen molar-refractivity contribution in [2.75, 3.05) is 13.1 Å². The fourth-order valence-electron chi connectivity index (χ4n) is 2.00. The van der Waals surface area contributed by atoms with Gasteiger partial charge in [0.15, 0.2) is 0 Å². The van der Waals surface area contributed by atoms with E-state index in [2.05, 4.69) is 15.0 Å². The largest absolute Gasteiger partial charge is 0.316 e. The van der Waals surface area contributed by atoms with Crippen molar-refractivity contribution in [2.45, 2.75) is 24.3 Å². The predicted octanol–water partition coefficient (Wildman–Crippen LogP) is 1.43. The third kappa shape index (κ3) is 4.29.